The maximum absolute atomic E-state index is 13.6. The van der Waals surface area contributed by atoms with Crippen molar-refractivity contribution in [1.82, 2.24) is 4.90 Å². The zero-order chi connectivity index (χ0) is 15.1. The van der Waals surface area contributed by atoms with Gasteiger partial charge < -0.3 is 4.90 Å². The van der Waals surface area contributed by atoms with E-state index < -0.39 is 0 Å². The molecule has 1 nitrogen and oxygen atoms in total. The van der Waals surface area contributed by atoms with Crippen LogP contribution in [0, 0.1) is 5.82 Å². The third kappa shape index (κ3) is 3.11. The first kappa shape index (κ1) is 17.6. The molecule has 0 heterocycles. The summed E-state index contributed by atoms with van der Waals surface area (Å²) in [6.07, 6.45) is 0.920. The van der Waals surface area contributed by atoms with Crippen LogP contribution in [0.4, 0.5) is 4.39 Å². The van der Waals surface area contributed by atoms with Gasteiger partial charge in [0, 0.05) is 12.0 Å². The fraction of sp³-hybridized carbons (Fsp3) is 0.294. The maximum Gasteiger partial charge on any atom is 0.123 e. The van der Waals surface area contributed by atoms with Gasteiger partial charge >= 0.3 is 0 Å². The molecule has 0 amide bonds. The Morgan fingerprint density at radius 1 is 1.00 bits per heavy atom. The molecule has 2 aromatic rings. The predicted molar refractivity (Wildman–Crippen MR) is 93.0 cm³/mol. The van der Waals surface area contributed by atoms with Crippen molar-refractivity contribution in [3.8, 4) is 0 Å². The van der Waals surface area contributed by atoms with Crippen molar-refractivity contribution in [2.75, 3.05) is 14.1 Å². The predicted octanol–water partition coefficient (Wildman–Crippen LogP) is 5.69. The molecule has 0 N–H and O–H groups in total. The Morgan fingerprint density at radius 3 is 2.36 bits per heavy atom. The SMILES string of the molecule is CN(C)C1CC(c2ccc(Cl)c(Cl)c2)c2ccc(F)cc21.Cl. The molecule has 5 heteroatoms. The van der Waals surface area contributed by atoms with Crippen LogP contribution < -0.4 is 0 Å². The Bertz CT molecular complexity index is 688. The number of fused-ring (bicyclic) bond motifs is 1. The first-order valence-electron chi connectivity index (χ1n) is 6.88. The van der Waals surface area contributed by atoms with Crippen LogP contribution >= 0.6 is 35.6 Å². The summed E-state index contributed by atoms with van der Waals surface area (Å²) < 4.78 is 13.6. The Labute approximate surface area is 146 Å². The largest absolute Gasteiger partial charge is 0.302 e. The van der Waals surface area contributed by atoms with Crippen LogP contribution in [-0.4, -0.2) is 19.0 Å². The van der Waals surface area contributed by atoms with E-state index in [-0.39, 0.29) is 30.2 Å². The smallest absolute Gasteiger partial charge is 0.123 e. The third-order valence-corrected chi connectivity index (χ3v) is 4.95. The lowest BCUT2D eigenvalue weighted by molar-refractivity contribution is 0.293. The average molecular weight is 361 g/mol. The van der Waals surface area contributed by atoms with Crippen LogP contribution in [0.3, 0.4) is 0 Å². The van der Waals surface area contributed by atoms with E-state index in [2.05, 4.69) is 4.90 Å². The highest BCUT2D eigenvalue weighted by Crippen LogP contribution is 2.46. The molecular weight excluding hydrogens is 344 g/mol. The number of nitrogens with zero attached hydrogens (tertiary/aromatic N) is 1. The lowest BCUT2D eigenvalue weighted by Gasteiger charge is -2.20. The van der Waals surface area contributed by atoms with Crippen LogP contribution in [0.1, 0.15) is 35.1 Å². The van der Waals surface area contributed by atoms with Gasteiger partial charge in [-0.05, 0) is 61.5 Å². The zero-order valence-electron chi connectivity index (χ0n) is 12.3. The molecule has 1 aliphatic carbocycles. The zero-order valence-corrected chi connectivity index (χ0v) is 14.6. The molecule has 0 fully saturated rings. The summed E-state index contributed by atoms with van der Waals surface area (Å²) in [5.41, 5.74) is 3.37. The molecule has 0 aromatic heterocycles. The van der Waals surface area contributed by atoms with Gasteiger partial charge in [-0.3, -0.25) is 0 Å². The Kier molecular flexibility index (Phi) is 5.39. The number of hydrogen-bond acceptors (Lipinski definition) is 1. The molecule has 0 spiro atoms. The van der Waals surface area contributed by atoms with Gasteiger partial charge in [-0.25, -0.2) is 4.39 Å². The van der Waals surface area contributed by atoms with Crippen LogP contribution in [0.2, 0.25) is 10.0 Å². The van der Waals surface area contributed by atoms with Crippen molar-refractivity contribution < 1.29 is 4.39 Å². The van der Waals surface area contributed by atoms with E-state index in [4.69, 9.17) is 23.2 Å². The van der Waals surface area contributed by atoms with Crippen LogP contribution in [-0.2, 0) is 0 Å². The van der Waals surface area contributed by atoms with E-state index in [1.54, 1.807) is 6.07 Å². The normalized spacial score (nSPS) is 19.9. The second-order valence-corrected chi connectivity index (χ2v) is 6.53. The summed E-state index contributed by atoms with van der Waals surface area (Å²) in [6, 6.07) is 11.0. The molecule has 0 radical (unpaired) electrons. The highest BCUT2D eigenvalue weighted by atomic mass is 35.5. The molecule has 1 aliphatic rings. The van der Waals surface area contributed by atoms with Gasteiger partial charge in [0.25, 0.3) is 0 Å². The van der Waals surface area contributed by atoms with Crippen molar-refractivity contribution in [3.05, 3.63) is 69.0 Å². The minimum absolute atomic E-state index is 0. The lowest BCUT2D eigenvalue weighted by atomic mass is 9.93. The van der Waals surface area contributed by atoms with E-state index in [0.29, 0.717) is 10.0 Å². The highest BCUT2D eigenvalue weighted by Gasteiger charge is 2.33. The van der Waals surface area contributed by atoms with Crippen LogP contribution in [0.15, 0.2) is 36.4 Å². The first-order valence-corrected chi connectivity index (χ1v) is 7.63. The summed E-state index contributed by atoms with van der Waals surface area (Å²) in [5, 5.41) is 1.12. The van der Waals surface area contributed by atoms with E-state index in [9.17, 15) is 4.39 Å². The van der Waals surface area contributed by atoms with Crippen LogP contribution in [0.25, 0.3) is 0 Å². The van der Waals surface area contributed by atoms with E-state index >= 15 is 0 Å². The monoisotopic (exact) mass is 359 g/mol. The molecule has 0 bridgehead atoms. The number of hydrogen-bond donors (Lipinski definition) is 0. The summed E-state index contributed by atoms with van der Waals surface area (Å²) in [4.78, 5) is 2.13. The van der Waals surface area contributed by atoms with Crippen molar-refractivity contribution in [2.24, 2.45) is 0 Å². The molecule has 3 rings (SSSR count). The van der Waals surface area contributed by atoms with Crippen molar-refractivity contribution >= 4 is 35.6 Å². The molecular formula is C17H17Cl3FN. The van der Waals surface area contributed by atoms with E-state index in [1.165, 1.54) is 11.6 Å². The average Bonchev–Trinajstić information content (AvgIpc) is 2.80. The molecule has 0 saturated heterocycles. The van der Waals surface area contributed by atoms with E-state index in [1.807, 2.05) is 38.4 Å². The van der Waals surface area contributed by atoms with Gasteiger partial charge in [-0.15, -0.1) is 12.4 Å². The quantitative estimate of drug-likeness (QED) is 0.664. The topological polar surface area (TPSA) is 3.24 Å². The van der Waals surface area contributed by atoms with Crippen molar-refractivity contribution in [1.29, 1.82) is 0 Å². The summed E-state index contributed by atoms with van der Waals surface area (Å²) >= 11 is 12.1. The fourth-order valence-corrected chi connectivity index (χ4v) is 3.47. The van der Waals surface area contributed by atoms with Gasteiger partial charge in [0.1, 0.15) is 5.82 Å². The molecule has 0 aliphatic heterocycles. The van der Waals surface area contributed by atoms with Gasteiger partial charge in [0.15, 0.2) is 0 Å². The van der Waals surface area contributed by atoms with Gasteiger partial charge in [-0.2, -0.15) is 0 Å². The lowest BCUT2D eigenvalue weighted by Crippen LogP contribution is -2.17. The van der Waals surface area contributed by atoms with Gasteiger partial charge in [0.05, 0.1) is 10.0 Å². The second-order valence-electron chi connectivity index (χ2n) is 5.71. The molecule has 22 heavy (non-hydrogen) atoms. The first-order chi connectivity index (χ1) is 9.97. The van der Waals surface area contributed by atoms with Gasteiger partial charge in [-0.1, -0.05) is 35.3 Å². The Balaban J connectivity index is 0.00000176. The molecule has 118 valence electrons. The summed E-state index contributed by atoms with van der Waals surface area (Å²) in [7, 11) is 4.05. The van der Waals surface area contributed by atoms with Crippen molar-refractivity contribution in [3.63, 3.8) is 0 Å². The number of halogens is 4. The standard InChI is InChI=1S/C17H16Cl2FN.ClH/c1-21(2)17-9-13(10-3-6-15(18)16(19)7-10)12-5-4-11(20)8-14(12)17;/h3-8,13,17H,9H2,1-2H3;1H. The minimum atomic E-state index is -0.185. The number of rotatable bonds is 2. The molecule has 2 aromatic carbocycles. The summed E-state index contributed by atoms with van der Waals surface area (Å²) in [5.74, 6) is 0.0400. The Hall–Kier alpha value is -0.800. The molecule has 2 unspecified atom stereocenters. The Morgan fingerprint density at radius 2 is 1.73 bits per heavy atom. The minimum Gasteiger partial charge on any atom is -0.302 e. The van der Waals surface area contributed by atoms with Crippen molar-refractivity contribution in [2.45, 2.75) is 18.4 Å². The van der Waals surface area contributed by atoms with Gasteiger partial charge in [0.2, 0.25) is 0 Å². The number of benzene rings is 2. The maximum atomic E-state index is 13.6. The molecule has 2 atom stereocenters. The van der Waals surface area contributed by atoms with E-state index in [0.717, 1.165) is 17.5 Å². The molecule has 0 saturated carbocycles. The fourth-order valence-electron chi connectivity index (χ4n) is 3.16. The third-order valence-electron chi connectivity index (χ3n) is 4.21. The highest BCUT2D eigenvalue weighted by molar-refractivity contribution is 6.42. The van der Waals surface area contributed by atoms with Crippen LogP contribution in [0.5, 0.6) is 0 Å². The summed E-state index contributed by atoms with van der Waals surface area (Å²) in [6.45, 7) is 0. The second kappa shape index (κ2) is 6.76.